The second-order valence-corrected chi connectivity index (χ2v) is 7.68. The Morgan fingerprint density at radius 2 is 1.80 bits per heavy atom. The molecule has 164 valence electrons. The fourth-order valence-electron chi connectivity index (χ4n) is 3.88. The van der Waals surface area contributed by atoms with E-state index in [-0.39, 0.29) is 11.9 Å². The second kappa shape index (κ2) is 8.50. The Morgan fingerprint density at radius 1 is 1.17 bits per heavy atom. The lowest BCUT2D eigenvalue weighted by Crippen LogP contribution is -2.63. The number of ketones is 1. The largest absolute Gasteiger partial charge is 0.450 e. The predicted molar refractivity (Wildman–Crippen MR) is 108 cm³/mol. The number of aliphatic imine (C=N–C) groups is 1. The first-order chi connectivity index (χ1) is 14.2. The maximum atomic E-state index is 12.9. The number of nitrogens with zero attached hydrogens (tertiary/aromatic N) is 6. The molecule has 0 N–H and O–H groups in total. The fourth-order valence-corrected chi connectivity index (χ4v) is 3.88. The number of carbonyl (C=O) groups excluding carboxylic acids is 4. The number of hydrogen-bond donors (Lipinski definition) is 0. The Hall–Kier alpha value is -2.82. The van der Waals surface area contributed by atoms with Gasteiger partial charge in [0, 0.05) is 40.3 Å². The average molecular weight is 421 g/mol. The second-order valence-electron chi connectivity index (χ2n) is 7.68. The molecule has 0 radical (unpaired) electrons. The number of amidine groups is 2. The molecule has 2 unspecified atom stereocenters. The van der Waals surface area contributed by atoms with Gasteiger partial charge in [-0.1, -0.05) is 0 Å². The van der Waals surface area contributed by atoms with Crippen molar-refractivity contribution in [1.29, 1.82) is 0 Å². The molecule has 3 heterocycles. The first kappa shape index (κ1) is 21.9. The molecule has 0 aromatic heterocycles. The van der Waals surface area contributed by atoms with E-state index < -0.39 is 24.0 Å². The SMILES string of the molecule is CCOC(=O)N1CCN(CC2=[N+](C(C)C(C)=O)C3C(=O)N(C)C(=O)N(C)C3=N2)CC1. The van der Waals surface area contributed by atoms with Crippen LogP contribution in [0.2, 0.25) is 0 Å². The van der Waals surface area contributed by atoms with E-state index in [9.17, 15) is 19.2 Å². The number of likely N-dealkylation sites (N-methyl/N-ethyl adjacent to an activating group) is 2. The van der Waals surface area contributed by atoms with E-state index in [2.05, 4.69) is 9.89 Å². The van der Waals surface area contributed by atoms with E-state index >= 15 is 0 Å². The summed E-state index contributed by atoms with van der Waals surface area (Å²) in [7, 11) is 3.01. The Kier molecular flexibility index (Phi) is 6.20. The molecule has 3 aliphatic rings. The van der Waals surface area contributed by atoms with Gasteiger partial charge in [0.15, 0.2) is 11.8 Å². The number of fused-ring (bicyclic) bond motifs is 1. The number of rotatable bonds is 5. The predicted octanol–water partition coefficient (Wildman–Crippen LogP) is -0.546. The number of Topliss-reactive ketones (excluding diaryl/α,β-unsaturated/α-hetero) is 1. The van der Waals surface area contributed by atoms with E-state index in [1.807, 2.05) is 0 Å². The first-order valence-electron chi connectivity index (χ1n) is 10.1. The van der Waals surface area contributed by atoms with Crippen molar-refractivity contribution in [3.63, 3.8) is 0 Å². The van der Waals surface area contributed by atoms with Gasteiger partial charge in [0.2, 0.25) is 0 Å². The molecule has 0 aromatic rings. The van der Waals surface area contributed by atoms with Gasteiger partial charge in [-0.25, -0.2) is 14.2 Å². The Bertz CT molecular complexity index is 829. The van der Waals surface area contributed by atoms with Crippen LogP contribution in [0.5, 0.6) is 0 Å². The number of ether oxygens (including phenoxy) is 1. The summed E-state index contributed by atoms with van der Waals surface area (Å²) in [4.78, 5) is 60.1. The van der Waals surface area contributed by atoms with E-state index in [1.165, 1.54) is 18.9 Å². The summed E-state index contributed by atoms with van der Waals surface area (Å²) in [5, 5.41) is 0. The molecule has 0 bridgehead atoms. The minimum absolute atomic E-state index is 0.0916. The topological polar surface area (TPSA) is 106 Å². The molecular weight excluding hydrogens is 392 g/mol. The van der Waals surface area contributed by atoms with Crippen molar-refractivity contribution in [3.8, 4) is 0 Å². The van der Waals surface area contributed by atoms with Crippen molar-refractivity contribution in [2.24, 2.45) is 4.99 Å². The Morgan fingerprint density at radius 3 is 2.37 bits per heavy atom. The van der Waals surface area contributed by atoms with Crippen LogP contribution in [0.25, 0.3) is 0 Å². The van der Waals surface area contributed by atoms with Gasteiger partial charge in [0.25, 0.3) is 17.8 Å². The van der Waals surface area contributed by atoms with Crippen molar-refractivity contribution < 1.29 is 28.5 Å². The first-order valence-corrected chi connectivity index (χ1v) is 10.1. The maximum absolute atomic E-state index is 12.9. The summed E-state index contributed by atoms with van der Waals surface area (Å²) < 4.78 is 6.77. The van der Waals surface area contributed by atoms with Crippen molar-refractivity contribution >= 4 is 35.5 Å². The summed E-state index contributed by atoms with van der Waals surface area (Å²) in [5.74, 6) is 0.431. The van der Waals surface area contributed by atoms with E-state index in [0.29, 0.717) is 51.0 Å². The minimum Gasteiger partial charge on any atom is -0.450 e. The minimum atomic E-state index is -0.799. The van der Waals surface area contributed by atoms with Crippen LogP contribution >= 0.6 is 0 Å². The number of hydrogen-bond acceptors (Lipinski definition) is 7. The smallest absolute Gasteiger partial charge is 0.409 e. The van der Waals surface area contributed by atoms with Gasteiger partial charge in [-0.3, -0.25) is 24.3 Å². The molecule has 0 spiro atoms. The normalized spacial score (nSPS) is 23.6. The fraction of sp³-hybridized carbons (Fsp3) is 0.684. The summed E-state index contributed by atoms with van der Waals surface area (Å²) >= 11 is 0. The van der Waals surface area contributed by atoms with Gasteiger partial charge in [0.1, 0.15) is 6.54 Å². The quantitative estimate of drug-likeness (QED) is 0.552. The summed E-state index contributed by atoms with van der Waals surface area (Å²) in [6.07, 6.45) is -0.322. The van der Waals surface area contributed by atoms with Gasteiger partial charge in [0.05, 0.1) is 6.61 Å². The highest BCUT2D eigenvalue weighted by atomic mass is 16.6. The third kappa shape index (κ3) is 3.81. The molecule has 11 heteroatoms. The number of carbonyl (C=O) groups is 4. The third-order valence-electron chi connectivity index (χ3n) is 5.82. The molecule has 2 fully saturated rings. The monoisotopic (exact) mass is 421 g/mol. The van der Waals surface area contributed by atoms with E-state index in [4.69, 9.17) is 4.74 Å². The standard InChI is InChI=1S/C19H29N6O5/c1-6-30-19(29)24-9-7-23(8-10-24)11-14-20-16-15(25(14)12(2)13(3)26)17(27)22(5)18(28)21(16)4/h12,15H,6-11H2,1-5H3/q+1. The summed E-state index contributed by atoms with van der Waals surface area (Å²) in [5.41, 5.74) is 0. The molecule has 2 atom stereocenters. The molecule has 0 aromatic carbocycles. The molecule has 4 amide bonds. The lowest BCUT2D eigenvalue weighted by atomic mass is 10.1. The van der Waals surface area contributed by atoms with Crippen molar-refractivity contribution in [2.75, 3.05) is 53.4 Å². The van der Waals surface area contributed by atoms with Gasteiger partial charge in [-0.05, 0) is 25.8 Å². The zero-order chi connectivity index (χ0) is 22.2. The summed E-state index contributed by atoms with van der Waals surface area (Å²) in [6, 6.07) is -1.81. The molecule has 3 aliphatic heterocycles. The van der Waals surface area contributed by atoms with Crippen molar-refractivity contribution in [1.82, 2.24) is 19.6 Å². The Balaban J connectivity index is 1.83. The van der Waals surface area contributed by atoms with Crippen LogP contribution in [0.4, 0.5) is 9.59 Å². The van der Waals surface area contributed by atoms with Gasteiger partial charge in [-0.2, -0.15) is 0 Å². The lowest BCUT2D eigenvalue weighted by molar-refractivity contribution is -0.556. The van der Waals surface area contributed by atoms with Crippen LogP contribution in [0, 0.1) is 0 Å². The van der Waals surface area contributed by atoms with E-state index in [0.717, 1.165) is 4.90 Å². The number of imide groups is 1. The van der Waals surface area contributed by atoms with Gasteiger partial charge >= 0.3 is 18.0 Å². The molecule has 0 aliphatic carbocycles. The zero-order valence-electron chi connectivity index (χ0n) is 18.1. The highest BCUT2D eigenvalue weighted by Gasteiger charge is 2.54. The molecular formula is C19H29N6O5+. The Labute approximate surface area is 175 Å². The molecule has 0 saturated carbocycles. The van der Waals surface area contributed by atoms with Crippen LogP contribution in [0.15, 0.2) is 4.99 Å². The van der Waals surface area contributed by atoms with Gasteiger partial charge < -0.3 is 9.64 Å². The highest BCUT2D eigenvalue weighted by molar-refractivity contribution is 6.23. The van der Waals surface area contributed by atoms with Crippen LogP contribution in [0.1, 0.15) is 20.8 Å². The van der Waals surface area contributed by atoms with E-state index in [1.54, 1.807) is 30.4 Å². The average Bonchev–Trinajstić information content (AvgIpc) is 3.09. The van der Waals surface area contributed by atoms with Crippen LogP contribution in [-0.2, 0) is 14.3 Å². The zero-order valence-corrected chi connectivity index (χ0v) is 18.1. The molecule has 2 saturated heterocycles. The molecule has 30 heavy (non-hydrogen) atoms. The van der Waals surface area contributed by atoms with Crippen molar-refractivity contribution in [2.45, 2.75) is 32.9 Å². The lowest BCUT2D eigenvalue weighted by Gasteiger charge is -2.33. The number of urea groups is 1. The summed E-state index contributed by atoms with van der Waals surface area (Å²) in [6.45, 7) is 8.01. The highest BCUT2D eigenvalue weighted by Crippen LogP contribution is 2.21. The van der Waals surface area contributed by atoms with Crippen molar-refractivity contribution in [3.05, 3.63) is 0 Å². The third-order valence-corrected chi connectivity index (χ3v) is 5.82. The van der Waals surface area contributed by atoms with Crippen LogP contribution in [0.3, 0.4) is 0 Å². The molecule has 3 rings (SSSR count). The number of amides is 4. The number of piperazine rings is 1. The molecule has 11 nitrogen and oxygen atoms in total. The maximum Gasteiger partial charge on any atom is 0.409 e. The van der Waals surface area contributed by atoms with Crippen LogP contribution in [-0.4, -0.2) is 125 Å². The van der Waals surface area contributed by atoms with Gasteiger partial charge in [-0.15, -0.1) is 0 Å². The van der Waals surface area contributed by atoms with Crippen LogP contribution < -0.4 is 0 Å².